The summed E-state index contributed by atoms with van der Waals surface area (Å²) in [6.07, 6.45) is 0.875. The lowest BCUT2D eigenvalue weighted by Crippen LogP contribution is -1.90. The molecule has 0 aliphatic heterocycles. The fraction of sp³-hybridized carbons (Fsp3) is 1.00. The van der Waals surface area contributed by atoms with E-state index in [4.69, 9.17) is 15.3 Å². The van der Waals surface area contributed by atoms with Gasteiger partial charge in [0.25, 0.3) is 0 Å². The summed E-state index contributed by atoms with van der Waals surface area (Å²) in [5.41, 5.74) is 0. The van der Waals surface area contributed by atoms with Crippen molar-refractivity contribution in [1.82, 2.24) is 0 Å². The minimum absolute atomic E-state index is 0.306. The van der Waals surface area contributed by atoms with Crippen molar-refractivity contribution in [3.63, 3.8) is 0 Å². The molecule has 3 heteroatoms. The van der Waals surface area contributed by atoms with E-state index in [1.807, 2.05) is 20.8 Å². The molecule has 72 valence electrons. The van der Waals surface area contributed by atoms with Crippen molar-refractivity contribution < 1.29 is 15.3 Å². The molecular weight excluding hydrogens is 144 g/mol. The zero-order valence-electron chi connectivity index (χ0n) is 8.04. The van der Waals surface area contributed by atoms with Crippen LogP contribution in [0.25, 0.3) is 0 Å². The van der Waals surface area contributed by atoms with Crippen molar-refractivity contribution in [2.45, 2.75) is 27.2 Å². The molecule has 0 aromatic rings. The Morgan fingerprint density at radius 2 is 1.27 bits per heavy atom. The van der Waals surface area contributed by atoms with Gasteiger partial charge >= 0.3 is 0 Å². The van der Waals surface area contributed by atoms with E-state index in [0.29, 0.717) is 19.1 Å². The molecule has 11 heavy (non-hydrogen) atoms. The molecule has 0 saturated carbocycles. The highest BCUT2D eigenvalue weighted by atomic mass is 16.3. The average molecular weight is 166 g/mol. The number of aliphatic hydroxyl groups is 3. The molecule has 0 aliphatic carbocycles. The molecule has 0 aliphatic rings. The van der Waals surface area contributed by atoms with Gasteiger partial charge in [-0.05, 0) is 12.3 Å². The molecule has 0 radical (unpaired) electrons. The minimum Gasteiger partial charge on any atom is -0.400 e. The summed E-state index contributed by atoms with van der Waals surface area (Å²) >= 11 is 0. The van der Waals surface area contributed by atoms with Crippen molar-refractivity contribution >= 4 is 0 Å². The molecular formula is C8H22O3. The first kappa shape index (κ1) is 17.1. The summed E-state index contributed by atoms with van der Waals surface area (Å²) in [5, 5.41) is 23.0. The molecule has 0 heterocycles. The monoisotopic (exact) mass is 166 g/mol. The SMILES string of the molecule is CC(C)CO.CCCO.CO. The Kier molecular flexibility index (Phi) is 35.0. The largest absolute Gasteiger partial charge is 0.400 e. The second-order valence-corrected chi connectivity index (χ2v) is 2.30. The van der Waals surface area contributed by atoms with Crippen LogP contribution in [-0.2, 0) is 0 Å². The normalized spacial score (nSPS) is 7.64. The van der Waals surface area contributed by atoms with Crippen LogP contribution in [-0.4, -0.2) is 35.6 Å². The second kappa shape index (κ2) is 22.5. The highest BCUT2D eigenvalue weighted by Gasteiger charge is 1.81. The van der Waals surface area contributed by atoms with Gasteiger partial charge in [0.15, 0.2) is 0 Å². The lowest BCUT2D eigenvalue weighted by atomic mass is 10.2. The van der Waals surface area contributed by atoms with Crippen LogP contribution in [0.15, 0.2) is 0 Å². The Hall–Kier alpha value is -0.120. The maximum Gasteiger partial charge on any atom is 0.0453 e. The van der Waals surface area contributed by atoms with E-state index >= 15 is 0 Å². The molecule has 0 aromatic heterocycles. The van der Waals surface area contributed by atoms with Gasteiger partial charge in [-0.25, -0.2) is 0 Å². The Labute approximate surface area is 69.7 Å². The summed E-state index contributed by atoms with van der Waals surface area (Å²) in [6, 6.07) is 0. The van der Waals surface area contributed by atoms with E-state index in [1.54, 1.807) is 0 Å². The lowest BCUT2D eigenvalue weighted by Gasteiger charge is -1.90. The molecule has 0 bridgehead atoms. The van der Waals surface area contributed by atoms with Gasteiger partial charge in [-0.1, -0.05) is 20.8 Å². The van der Waals surface area contributed by atoms with Crippen LogP contribution in [0, 0.1) is 5.92 Å². The van der Waals surface area contributed by atoms with Crippen LogP contribution in [0.5, 0.6) is 0 Å². The van der Waals surface area contributed by atoms with Gasteiger partial charge in [-0.15, -0.1) is 0 Å². The van der Waals surface area contributed by atoms with Crippen molar-refractivity contribution in [2.75, 3.05) is 20.3 Å². The molecule has 0 fully saturated rings. The smallest absolute Gasteiger partial charge is 0.0453 e. The fourth-order valence-corrected chi connectivity index (χ4v) is 0. The standard InChI is InChI=1S/C4H10O.C3H8O.CH4O/c1-4(2)3-5;1-2-3-4;1-2/h4-5H,3H2,1-2H3;4H,2-3H2,1H3;2H,1H3. The van der Waals surface area contributed by atoms with Crippen LogP contribution in [0.3, 0.4) is 0 Å². The maximum absolute atomic E-state index is 8.14. The van der Waals surface area contributed by atoms with E-state index in [0.717, 1.165) is 13.5 Å². The number of hydrogen-bond donors (Lipinski definition) is 3. The van der Waals surface area contributed by atoms with Gasteiger partial charge < -0.3 is 15.3 Å². The third kappa shape index (κ3) is 74.0. The van der Waals surface area contributed by atoms with Gasteiger partial charge in [0.2, 0.25) is 0 Å². The third-order valence-electron chi connectivity index (χ3n) is 0.589. The van der Waals surface area contributed by atoms with Crippen LogP contribution >= 0.6 is 0 Å². The van der Waals surface area contributed by atoms with E-state index in [-0.39, 0.29) is 0 Å². The molecule has 0 rings (SSSR count). The van der Waals surface area contributed by atoms with Gasteiger partial charge in [-0.2, -0.15) is 0 Å². The summed E-state index contributed by atoms with van der Waals surface area (Å²) in [6.45, 7) is 6.50. The minimum atomic E-state index is 0.306. The first-order chi connectivity index (χ1) is 5.18. The molecule has 0 saturated heterocycles. The Balaban J connectivity index is -0.0000000965. The van der Waals surface area contributed by atoms with Crippen LogP contribution in [0.1, 0.15) is 27.2 Å². The quantitative estimate of drug-likeness (QED) is 0.564. The predicted molar refractivity (Wildman–Crippen MR) is 47.4 cm³/mol. The van der Waals surface area contributed by atoms with E-state index < -0.39 is 0 Å². The molecule has 0 unspecified atom stereocenters. The second-order valence-electron chi connectivity index (χ2n) is 2.30. The Morgan fingerprint density at radius 1 is 1.09 bits per heavy atom. The summed E-state index contributed by atoms with van der Waals surface area (Å²) in [5.74, 6) is 0.440. The van der Waals surface area contributed by atoms with Gasteiger partial charge in [0.05, 0.1) is 0 Å². The first-order valence-electron chi connectivity index (χ1n) is 3.85. The zero-order valence-corrected chi connectivity index (χ0v) is 8.04. The van der Waals surface area contributed by atoms with Gasteiger partial charge in [0, 0.05) is 20.3 Å². The van der Waals surface area contributed by atoms with E-state index in [2.05, 4.69) is 0 Å². The van der Waals surface area contributed by atoms with Crippen molar-refractivity contribution in [3.8, 4) is 0 Å². The molecule has 0 spiro atoms. The third-order valence-corrected chi connectivity index (χ3v) is 0.589. The van der Waals surface area contributed by atoms with Gasteiger partial charge in [-0.3, -0.25) is 0 Å². The van der Waals surface area contributed by atoms with Crippen molar-refractivity contribution in [1.29, 1.82) is 0 Å². The Morgan fingerprint density at radius 3 is 1.27 bits per heavy atom. The summed E-state index contributed by atoms with van der Waals surface area (Å²) in [4.78, 5) is 0. The summed E-state index contributed by atoms with van der Waals surface area (Å²) < 4.78 is 0. The predicted octanol–water partition coefficient (Wildman–Crippen LogP) is 0.632. The highest BCUT2D eigenvalue weighted by Crippen LogP contribution is 1.83. The molecule has 0 aromatic carbocycles. The number of rotatable bonds is 2. The fourth-order valence-electron chi connectivity index (χ4n) is 0. The first-order valence-corrected chi connectivity index (χ1v) is 3.85. The highest BCUT2D eigenvalue weighted by molar-refractivity contribution is 4.32. The number of hydrogen-bond acceptors (Lipinski definition) is 3. The molecule has 0 atom stereocenters. The molecule has 3 N–H and O–H groups in total. The van der Waals surface area contributed by atoms with Crippen LogP contribution in [0.2, 0.25) is 0 Å². The van der Waals surface area contributed by atoms with E-state index in [1.165, 1.54) is 0 Å². The summed E-state index contributed by atoms with van der Waals surface area (Å²) in [7, 11) is 1.00. The van der Waals surface area contributed by atoms with Crippen LogP contribution < -0.4 is 0 Å². The molecule has 0 amide bonds. The maximum atomic E-state index is 8.14. The average Bonchev–Trinajstić information content (AvgIpc) is 2.08. The van der Waals surface area contributed by atoms with E-state index in [9.17, 15) is 0 Å². The van der Waals surface area contributed by atoms with Crippen molar-refractivity contribution in [2.24, 2.45) is 5.92 Å². The van der Waals surface area contributed by atoms with Crippen LogP contribution in [0.4, 0.5) is 0 Å². The van der Waals surface area contributed by atoms with Crippen molar-refractivity contribution in [3.05, 3.63) is 0 Å². The lowest BCUT2D eigenvalue weighted by molar-refractivity contribution is 0.248. The topological polar surface area (TPSA) is 60.7 Å². The Bertz CT molecular complexity index is 36.3. The number of aliphatic hydroxyl groups excluding tert-OH is 3. The zero-order chi connectivity index (χ0) is 9.70. The van der Waals surface area contributed by atoms with Gasteiger partial charge in [0.1, 0.15) is 0 Å². The molecule has 3 nitrogen and oxygen atoms in total.